The number of aromatic amines is 1. The molecule has 0 radical (unpaired) electrons. The lowest BCUT2D eigenvalue weighted by Crippen LogP contribution is -2.62. The highest BCUT2D eigenvalue weighted by Gasteiger charge is 2.55. The van der Waals surface area contributed by atoms with Gasteiger partial charge in [0.05, 0.1) is 44.0 Å². The number of pyridine rings is 2. The zero-order valence-electron chi connectivity index (χ0n) is 34.4. The van der Waals surface area contributed by atoms with Crippen LogP contribution in [0, 0.1) is 5.82 Å². The van der Waals surface area contributed by atoms with E-state index in [1.807, 2.05) is 36.4 Å². The van der Waals surface area contributed by atoms with Crippen LogP contribution in [0.4, 0.5) is 10.1 Å². The number of quaternary nitrogens is 1. The molecule has 6 heterocycles. The number of rotatable bonds is 9. The SMILES string of the molecule is COc1cccc2c(C(=O)N3CCC[C@H]3c3nc4cc(-c5cnc(-c6ccc([N+]7(C(=O)c8nc(Cl)cc9c(OC)cccc89)CCC[C@H]7C(N)=O)c(F)c6)o5)ccc4[nH]3)nc(Cl)cc12. The van der Waals surface area contributed by atoms with Gasteiger partial charge in [-0.05, 0) is 67.4 Å². The molecule has 0 saturated carbocycles. The minimum absolute atomic E-state index is 0.0321. The molecule has 10 rings (SSSR count). The highest BCUT2D eigenvalue weighted by atomic mass is 35.5. The second-order valence-electron chi connectivity index (χ2n) is 15.9. The fraction of sp³-hybridized carbons (Fsp3) is 0.213. The number of fused-ring (bicyclic) bond motifs is 3. The monoisotopic (exact) mass is 899 g/mol. The molecule has 322 valence electrons. The van der Waals surface area contributed by atoms with E-state index < -0.39 is 28.2 Å². The van der Waals surface area contributed by atoms with Crippen LogP contribution in [0.25, 0.3) is 55.4 Å². The van der Waals surface area contributed by atoms with Gasteiger partial charge in [-0.15, -0.1) is 0 Å². The fourth-order valence-corrected chi connectivity index (χ4v) is 9.88. The number of hydrogen-bond acceptors (Lipinski definition) is 10. The number of likely N-dealkylation sites (tertiary alicyclic amines) is 2. The van der Waals surface area contributed by atoms with Crippen molar-refractivity contribution in [3.63, 3.8) is 0 Å². The lowest BCUT2D eigenvalue weighted by atomic mass is 10.0. The number of carbonyl (C=O) groups excluding carboxylic acids is 3. The first-order valence-electron chi connectivity index (χ1n) is 20.5. The minimum Gasteiger partial charge on any atom is -0.496 e. The second-order valence-corrected chi connectivity index (χ2v) is 16.6. The van der Waals surface area contributed by atoms with Crippen molar-refractivity contribution in [3.8, 4) is 34.3 Å². The first-order valence-corrected chi connectivity index (χ1v) is 21.3. The number of primary amides is 1. The number of nitrogens with zero attached hydrogens (tertiary/aromatic N) is 6. The van der Waals surface area contributed by atoms with E-state index in [2.05, 4.69) is 19.9 Å². The summed E-state index contributed by atoms with van der Waals surface area (Å²) in [5.74, 6) is -0.153. The molecule has 2 fully saturated rings. The van der Waals surface area contributed by atoms with Gasteiger partial charge in [0.15, 0.2) is 29.0 Å². The van der Waals surface area contributed by atoms with Crippen LogP contribution in [0.5, 0.6) is 11.5 Å². The number of amides is 3. The normalized spacial score (nSPS) is 18.6. The molecule has 2 aliphatic rings. The Labute approximate surface area is 374 Å². The number of nitrogens with one attached hydrogen (secondary N) is 1. The van der Waals surface area contributed by atoms with Crippen LogP contribution in [0.3, 0.4) is 0 Å². The van der Waals surface area contributed by atoms with Crippen molar-refractivity contribution in [1.29, 1.82) is 0 Å². The molecule has 0 aliphatic carbocycles. The van der Waals surface area contributed by atoms with E-state index in [1.54, 1.807) is 48.4 Å². The quantitative estimate of drug-likeness (QED) is 0.105. The Morgan fingerprint density at radius 2 is 1.52 bits per heavy atom. The average molecular weight is 901 g/mol. The lowest BCUT2D eigenvalue weighted by molar-refractivity contribution is -0.121. The number of carbonyl (C=O) groups is 3. The molecule has 3 atom stereocenters. The predicted molar refractivity (Wildman–Crippen MR) is 240 cm³/mol. The molecule has 0 spiro atoms. The molecular weight excluding hydrogens is 862 g/mol. The Hall–Kier alpha value is -6.94. The van der Waals surface area contributed by atoms with Crippen molar-refractivity contribution in [2.75, 3.05) is 27.3 Å². The van der Waals surface area contributed by atoms with Crippen molar-refractivity contribution >= 4 is 79.2 Å². The number of oxazole rings is 1. The highest BCUT2D eigenvalue weighted by molar-refractivity contribution is 6.31. The van der Waals surface area contributed by atoms with Crippen LogP contribution in [0.15, 0.2) is 95.5 Å². The van der Waals surface area contributed by atoms with E-state index in [9.17, 15) is 14.4 Å². The van der Waals surface area contributed by atoms with E-state index in [0.29, 0.717) is 80.7 Å². The average Bonchev–Trinajstić information content (AvgIpc) is 4.14. The Bertz CT molecular complexity index is 3230. The van der Waals surface area contributed by atoms with Crippen molar-refractivity contribution in [2.24, 2.45) is 5.73 Å². The van der Waals surface area contributed by atoms with Gasteiger partial charge in [0.25, 0.3) is 11.8 Å². The summed E-state index contributed by atoms with van der Waals surface area (Å²) in [7, 11) is 3.07. The molecule has 14 nitrogen and oxygen atoms in total. The molecule has 8 aromatic rings. The first kappa shape index (κ1) is 41.1. The fourth-order valence-electron chi connectivity index (χ4n) is 9.49. The van der Waals surface area contributed by atoms with Gasteiger partial charge in [0.1, 0.15) is 33.3 Å². The largest absolute Gasteiger partial charge is 0.496 e. The Morgan fingerprint density at radius 1 is 0.828 bits per heavy atom. The summed E-state index contributed by atoms with van der Waals surface area (Å²) < 4.78 is 33.2. The maximum Gasteiger partial charge on any atom is 0.370 e. The standard InChI is InChI=1S/C47H37Cl2FN8O6/c1-62-36-11-3-7-26-28(36)21-39(48)55-41(26)46(60)57-17-5-9-33(57)44-53-31-15-13-24(20-32(31)54-44)38-23-52-45(64-38)25-14-16-34(30(50)19-25)58(18-6-10-35(58)43(51)59)47(61)42-27-8-4-12-37(63-2)29(27)22-40(49)56-42/h3-4,7-8,11-16,19-23,33,35H,5-6,9-10,17-18H2,1-2H3,(H2-,51,53,54,59)/p+1/t33-,35-,58?/m0/s1. The zero-order valence-corrected chi connectivity index (χ0v) is 35.9. The maximum atomic E-state index is 16.7. The van der Waals surface area contributed by atoms with E-state index in [4.69, 9.17) is 47.8 Å². The summed E-state index contributed by atoms with van der Waals surface area (Å²) in [6.45, 7) is 0.617. The zero-order chi connectivity index (χ0) is 44.4. The number of halogens is 3. The summed E-state index contributed by atoms with van der Waals surface area (Å²) in [5, 5.41) is 2.54. The molecule has 2 saturated heterocycles. The molecular formula is C47H38Cl2FN8O6+. The summed E-state index contributed by atoms with van der Waals surface area (Å²) >= 11 is 12.8. The van der Waals surface area contributed by atoms with Crippen LogP contribution in [-0.2, 0) is 4.79 Å². The molecule has 17 heteroatoms. The number of nitrogens with two attached hydrogens (primary N) is 1. The van der Waals surface area contributed by atoms with E-state index >= 15 is 4.39 Å². The summed E-state index contributed by atoms with van der Waals surface area (Å²) in [6, 6.07) is 22.4. The number of hydrogen-bond donors (Lipinski definition) is 2. The first-order chi connectivity index (χ1) is 31.0. The molecule has 0 bridgehead atoms. The third-order valence-electron chi connectivity index (χ3n) is 12.4. The van der Waals surface area contributed by atoms with Crippen LogP contribution in [0.1, 0.15) is 58.5 Å². The summed E-state index contributed by atoms with van der Waals surface area (Å²) in [4.78, 5) is 65.4. The lowest BCUT2D eigenvalue weighted by Gasteiger charge is -2.35. The van der Waals surface area contributed by atoms with Crippen molar-refractivity contribution in [2.45, 2.75) is 37.8 Å². The van der Waals surface area contributed by atoms with E-state index in [1.165, 1.54) is 25.4 Å². The number of methoxy groups -OCH3 is 2. The van der Waals surface area contributed by atoms with Crippen LogP contribution >= 0.6 is 23.2 Å². The molecule has 4 aromatic heterocycles. The third-order valence-corrected chi connectivity index (χ3v) is 12.8. The maximum absolute atomic E-state index is 16.7. The van der Waals surface area contributed by atoms with Crippen LogP contribution in [0.2, 0.25) is 10.3 Å². The topological polar surface area (TPSA) is 179 Å². The van der Waals surface area contributed by atoms with E-state index in [-0.39, 0.29) is 58.2 Å². The van der Waals surface area contributed by atoms with Gasteiger partial charge in [-0.2, -0.15) is 0 Å². The minimum atomic E-state index is -1.07. The van der Waals surface area contributed by atoms with Gasteiger partial charge >= 0.3 is 5.91 Å². The summed E-state index contributed by atoms with van der Waals surface area (Å²) in [5.41, 5.74) is 8.47. The highest BCUT2D eigenvalue weighted by Crippen LogP contribution is 2.42. The van der Waals surface area contributed by atoms with Gasteiger partial charge in [0.2, 0.25) is 5.89 Å². The molecule has 2 aliphatic heterocycles. The van der Waals surface area contributed by atoms with Gasteiger partial charge in [-0.3, -0.25) is 9.59 Å². The van der Waals surface area contributed by atoms with Crippen molar-refractivity contribution in [3.05, 3.63) is 124 Å². The van der Waals surface area contributed by atoms with Crippen molar-refractivity contribution < 1.29 is 32.7 Å². The summed E-state index contributed by atoms with van der Waals surface area (Å²) in [6.07, 6.45) is 3.70. The Kier molecular flexibility index (Phi) is 10.3. The smallest absolute Gasteiger partial charge is 0.370 e. The third kappa shape index (κ3) is 6.69. The Balaban J connectivity index is 0.941. The Morgan fingerprint density at radius 3 is 2.20 bits per heavy atom. The van der Waals surface area contributed by atoms with Crippen LogP contribution in [-0.4, -0.2) is 80.9 Å². The number of H-pyrrole nitrogens is 1. The van der Waals surface area contributed by atoms with E-state index in [0.717, 1.165) is 11.9 Å². The molecule has 4 aromatic carbocycles. The van der Waals surface area contributed by atoms with Gasteiger partial charge < -0.3 is 29.5 Å². The molecule has 1 unspecified atom stereocenters. The number of imidazole rings is 1. The van der Waals surface area contributed by atoms with Gasteiger partial charge in [-0.25, -0.2) is 33.6 Å². The molecule has 3 N–H and O–H groups in total. The molecule has 64 heavy (non-hydrogen) atoms. The van der Waals surface area contributed by atoms with Gasteiger partial charge in [0, 0.05) is 58.1 Å². The van der Waals surface area contributed by atoms with Gasteiger partial charge in [-0.1, -0.05) is 47.5 Å². The number of benzene rings is 4. The number of ether oxygens (including phenoxy) is 2. The second kappa shape index (κ2) is 16.0. The van der Waals surface area contributed by atoms with Crippen LogP contribution < -0.4 is 19.7 Å². The number of aromatic nitrogens is 5. The molecule has 3 amide bonds. The predicted octanol–water partition coefficient (Wildman–Crippen LogP) is 9.22. The van der Waals surface area contributed by atoms with Crippen molar-refractivity contribution in [1.82, 2.24) is 34.3 Å².